The van der Waals surface area contributed by atoms with Crippen LogP contribution < -0.4 is 5.32 Å². The minimum atomic E-state index is 0.807. The average Bonchev–Trinajstić information content (AvgIpc) is 2.45. The predicted octanol–water partition coefficient (Wildman–Crippen LogP) is 4.85. The molecule has 2 rings (SSSR count). The first-order chi connectivity index (χ1) is 9.29. The monoisotopic (exact) mass is 292 g/mol. The van der Waals surface area contributed by atoms with Gasteiger partial charge in [-0.25, -0.2) is 4.98 Å². The summed E-state index contributed by atoms with van der Waals surface area (Å²) in [4.78, 5) is 5.50. The topological polar surface area (TPSA) is 24.9 Å². The third-order valence-electron chi connectivity index (χ3n) is 2.61. The van der Waals surface area contributed by atoms with E-state index >= 15 is 0 Å². The van der Waals surface area contributed by atoms with Gasteiger partial charge in [-0.2, -0.15) is 0 Å². The van der Waals surface area contributed by atoms with Crippen LogP contribution in [0.1, 0.15) is 18.9 Å². The van der Waals surface area contributed by atoms with Crippen molar-refractivity contribution in [3.05, 3.63) is 53.2 Å². The molecule has 1 aromatic heterocycles. The van der Waals surface area contributed by atoms with Crippen LogP contribution in [-0.4, -0.2) is 11.5 Å². The molecule has 2 nitrogen and oxygen atoms in total. The highest BCUT2D eigenvalue weighted by Crippen LogP contribution is 2.29. The van der Waals surface area contributed by atoms with Gasteiger partial charge in [0, 0.05) is 23.4 Å². The number of hydrogen-bond acceptors (Lipinski definition) is 3. The van der Waals surface area contributed by atoms with E-state index in [4.69, 9.17) is 11.6 Å². The van der Waals surface area contributed by atoms with E-state index < -0.39 is 0 Å². The quantitative estimate of drug-likeness (QED) is 0.771. The number of pyridine rings is 1. The lowest BCUT2D eigenvalue weighted by molar-refractivity contribution is 0.968. The first-order valence-corrected chi connectivity index (χ1v) is 7.72. The second-order valence-electron chi connectivity index (χ2n) is 4.20. The number of nitrogens with zero attached hydrogens (tertiary/aromatic N) is 1. The maximum atomic E-state index is 6.13. The first kappa shape index (κ1) is 14.2. The van der Waals surface area contributed by atoms with E-state index in [0.29, 0.717) is 0 Å². The van der Waals surface area contributed by atoms with Crippen LogP contribution in [0.2, 0.25) is 5.02 Å². The van der Waals surface area contributed by atoms with Crippen LogP contribution in [0.4, 0.5) is 5.82 Å². The zero-order valence-electron chi connectivity index (χ0n) is 10.9. The number of thioether (sulfide) groups is 1. The van der Waals surface area contributed by atoms with Gasteiger partial charge in [-0.15, -0.1) is 11.8 Å². The standard InChI is InChI=1S/C15H17ClN2S/c1-2-9-17-15-8-7-12(10-18-15)11-19-14-6-4-3-5-13(14)16/h3-8,10H,2,9,11H2,1H3,(H,17,18). The van der Waals surface area contributed by atoms with Gasteiger partial charge in [0.25, 0.3) is 0 Å². The van der Waals surface area contributed by atoms with Crippen molar-refractivity contribution < 1.29 is 0 Å². The van der Waals surface area contributed by atoms with Gasteiger partial charge >= 0.3 is 0 Å². The number of aromatic nitrogens is 1. The molecule has 0 saturated heterocycles. The predicted molar refractivity (Wildman–Crippen MR) is 84.0 cm³/mol. The highest BCUT2D eigenvalue weighted by atomic mass is 35.5. The molecule has 0 aliphatic carbocycles. The van der Waals surface area contributed by atoms with E-state index in [1.54, 1.807) is 11.8 Å². The number of rotatable bonds is 6. The van der Waals surface area contributed by atoms with Crippen molar-refractivity contribution in [1.82, 2.24) is 4.98 Å². The van der Waals surface area contributed by atoms with Gasteiger partial charge in [0.2, 0.25) is 0 Å². The fraction of sp³-hybridized carbons (Fsp3) is 0.267. The zero-order valence-corrected chi connectivity index (χ0v) is 12.5. The van der Waals surface area contributed by atoms with E-state index in [9.17, 15) is 0 Å². The van der Waals surface area contributed by atoms with Gasteiger partial charge in [-0.05, 0) is 30.2 Å². The minimum absolute atomic E-state index is 0.807. The molecule has 0 bridgehead atoms. The van der Waals surface area contributed by atoms with Crippen molar-refractivity contribution in [2.45, 2.75) is 24.0 Å². The molecule has 4 heteroatoms. The van der Waals surface area contributed by atoms with Crippen molar-refractivity contribution in [2.24, 2.45) is 0 Å². The molecule has 1 heterocycles. The van der Waals surface area contributed by atoms with Gasteiger partial charge in [0.05, 0.1) is 5.02 Å². The second-order valence-corrected chi connectivity index (χ2v) is 5.62. The molecule has 0 radical (unpaired) electrons. The molecule has 0 amide bonds. The summed E-state index contributed by atoms with van der Waals surface area (Å²) in [6, 6.07) is 12.0. The summed E-state index contributed by atoms with van der Waals surface area (Å²) in [5, 5.41) is 4.07. The van der Waals surface area contributed by atoms with Gasteiger partial charge in [-0.1, -0.05) is 36.7 Å². The summed E-state index contributed by atoms with van der Waals surface area (Å²) in [5.74, 6) is 1.82. The van der Waals surface area contributed by atoms with E-state index in [0.717, 1.165) is 34.5 Å². The van der Waals surface area contributed by atoms with Crippen LogP contribution in [0, 0.1) is 0 Å². The van der Waals surface area contributed by atoms with Crippen LogP contribution in [0.5, 0.6) is 0 Å². The van der Waals surface area contributed by atoms with Gasteiger partial charge in [0.15, 0.2) is 0 Å². The largest absolute Gasteiger partial charge is 0.370 e. The lowest BCUT2D eigenvalue weighted by Crippen LogP contribution is -2.01. The van der Waals surface area contributed by atoms with Crippen LogP contribution in [0.3, 0.4) is 0 Å². The molecule has 0 aliphatic rings. The van der Waals surface area contributed by atoms with Crippen molar-refractivity contribution in [1.29, 1.82) is 0 Å². The number of anilines is 1. The van der Waals surface area contributed by atoms with Crippen LogP contribution in [0.15, 0.2) is 47.5 Å². The molecule has 1 N–H and O–H groups in total. The van der Waals surface area contributed by atoms with Crippen LogP contribution >= 0.6 is 23.4 Å². The van der Waals surface area contributed by atoms with Gasteiger partial charge < -0.3 is 5.32 Å². The molecule has 0 atom stereocenters. The Morgan fingerprint density at radius 3 is 2.74 bits per heavy atom. The Balaban J connectivity index is 1.91. The third-order valence-corrected chi connectivity index (χ3v) is 4.20. The maximum Gasteiger partial charge on any atom is 0.125 e. The molecular formula is C15H17ClN2S. The summed E-state index contributed by atoms with van der Waals surface area (Å²) in [5.41, 5.74) is 1.20. The Kier molecular flexibility index (Phi) is 5.55. The molecule has 100 valence electrons. The first-order valence-electron chi connectivity index (χ1n) is 6.35. The smallest absolute Gasteiger partial charge is 0.125 e. The van der Waals surface area contributed by atoms with Crippen molar-refractivity contribution in [3.63, 3.8) is 0 Å². The Bertz CT molecular complexity index is 514. The van der Waals surface area contributed by atoms with Gasteiger partial charge in [-0.3, -0.25) is 0 Å². The lowest BCUT2D eigenvalue weighted by Gasteiger charge is -2.06. The Morgan fingerprint density at radius 1 is 1.21 bits per heavy atom. The third kappa shape index (κ3) is 4.44. The lowest BCUT2D eigenvalue weighted by atomic mass is 10.3. The van der Waals surface area contributed by atoms with E-state index in [1.807, 2.05) is 36.5 Å². The summed E-state index contributed by atoms with van der Waals surface area (Å²) in [6.07, 6.45) is 3.02. The minimum Gasteiger partial charge on any atom is -0.370 e. The summed E-state index contributed by atoms with van der Waals surface area (Å²) in [7, 11) is 0. The van der Waals surface area contributed by atoms with Gasteiger partial charge in [0.1, 0.15) is 5.82 Å². The molecule has 0 saturated carbocycles. The highest BCUT2D eigenvalue weighted by Gasteiger charge is 2.01. The molecule has 2 aromatic rings. The SMILES string of the molecule is CCCNc1ccc(CSc2ccccc2Cl)cn1. The number of hydrogen-bond donors (Lipinski definition) is 1. The molecule has 19 heavy (non-hydrogen) atoms. The van der Waals surface area contributed by atoms with E-state index in [-0.39, 0.29) is 0 Å². The molecule has 0 fully saturated rings. The van der Waals surface area contributed by atoms with Crippen molar-refractivity contribution >= 4 is 29.2 Å². The molecular weight excluding hydrogens is 276 g/mol. The maximum absolute atomic E-state index is 6.13. The number of benzene rings is 1. The number of nitrogens with one attached hydrogen (secondary N) is 1. The summed E-state index contributed by atoms with van der Waals surface area (Å²) < 4.78 is 0. The Hall–Kier alpha value is -1.19. The van der Waals surface area contributed by atoms with Crippen molar-refractivity contribution in [2.75, 3.05) is 11.9 Å². The highest BCUT2D eigenvalue weighted by molar-refractivity contribution is 7.98. The molecule has 1 aromatic carbocycles. The second kappa shape index (κ2) is 7.41. The van der Waals surface area contributed by atoms with E-state index in [1.165, 1.54) is 5.56 Å². The van der Waals surface area contributed by atoms with Crippen LogP contribution in [-0.2, 0) is 5.75 Å². The van der Waals surface area contributed by atoms with Crippen LogP contribution in [0.25, 0.3) is 0 Å². The average molecular weight is 293 g/mol. The zero-order chi connectivity index (χ0) is 13.5. The fourth-order valence-corrected chi connectivity index (χ4v) is 2.76. The molecule has 0 aliphatic heterocycles. The Morgan fingerprint density at radius 2 is 2.05 bits per heavy atom. The number of halogens is 1. The van der Waals surface area contributed by atoms with E-state index in [2.05, 4.69) is 23.3 Å². The normalized spacial score (nSPS) is 10.4. The summed E-state index contributed by atoms with van der Waals surface area (Å²) in [6.45, 7) is 3.10. The molecule has 0 unspecified atom stereocenters. The Labute approximate surface area is 123 Å². The molecule has 0 spiro atoms. The van der Waals surface area contributed by atoms with Crippen molar-refractivity contribution in [3.8, 4) is 0 Å². The fourth-order valence-electron chi connectivity index (χ4n) is 1.59. The summed E-state index contributed by atoms with van der Waals surface area (Å²) >= 11 is 7.86.